The van der Waals surface area contributed by atoms with Crippen LogP contribution >= 0.6 is 0 Å². The predicted molar refractivity (Wildman–Crippen MR) is 74.7 cm³/mol. The van der Waals surface area contributed by atoms with Crippen molar-refractivity contribution in [3.05, 3.63) is 16.8 Å². The molecule has 0 radical (unpaired) electrons. The van der Waals surface area contributed by atoms with E-state index in [2.05, 4.69) is 15.1 Å². The molecule has 1 aromatic heterocycles. The predicted octanol–water partition coefficient (Wildman–Crippen LogP) is 0.850. The topological polar surface area (TPSA) is 88.1 Å². The van der Waals surface area contributed by atoms with Crippen LogP contribution in [0, 0.1) is 25.2 Å². The van der Waals surface area contributed by atoms with Gasteiger partial charge in [-0.15, -0.1) is 5.10 Å². The van der Waals surface area contributed by atoms with Crippen LogP contribution in [0.4, 0.5) is 5.82 Å². The highest BCUT2D eigenvalue weighted by atomic mass is 16.5. The summed E-state index contributed by atoms with van der Waals surface area (Å²) in [5, 5.41) is 16.2. The molecule has 1 fully saturated rings. The van der Waals surface area contributed by atoms with Crippen LogP contribution in [-0.4, -0.2) is 42.8 Å². The Morgan fingerprint density at radius 1 is 1.47 bits per heavy atom. The molecule has 0 spiro atoms. The summed E-state index contributed by atoms with van der Waals surface area (Å²) < 4.78 is 5.20. The Balaban J connectivity index is 2.31. The third-order valence-corrected chi connectivity index (χ3v) is 3.69. The van der Waals surface area contributed by atoms with Crippen molar-refractivity contribution in [3.63, 3.8) is 0 Å². The summed E-state index contributed by atoms with van der Waals surface area (Å²) in [5.74, 6) is 1.29. The van der Waals surface area contributed by atoms with E-state index in [-0.39, 0.29) is 5.84 Å². The highest BCUT2D eigenvalue weighted by Gasteiger charge is 2.27. The van der Waals surface area contributed by atoms with Crippen LogP contribution in [-0.2, 0) is 4.74 Å². The van der Waals surface area contributed by atoms with Crippen molar-refractivity contribution in [2.45, 2.75) is 20.3 Å². The van der Waals surface area contributed by atoms with Crippen molar-refractivity contribution in [3.8, 4) is 0 Å². The van der Waals surface area contributed by atoms with E-state index in [4.69, 9.17) is 15.9 Å². The fraction of sp³-hybridized carbons (Fsp3) is 0.615. The van der Waals surface area contributed by atoms with E-state index in [9.17, 15) is 0 Å². The summed E-state index contributed by atoms with van der Waals surface area (Å²) in [4.78, 5) is 2.15. The Labute approximate surface area is 113 Å². The van der Waals surface area contributed by atoms with Crippen molar-refractivity contribution in [2.24, 2.45) is 11.7 Å². The highest BCUT2D eigenvalue weighted by Crippen LogP contribution is 2.27. The van der Waals surface area contributed by atoms with Gasteiger partial charge < -0.3 is 15.4 Å². The normalized spacial score (nSPS) is 18.9. The molecule has 1 atom stereocenters. The monoisotopic (exact) mass is 263 g/mol. The second-order valence-electron chi connectivity index (χ2n) is 5.08. The minimum Gasteiger partial charge on any atom is -0.384 e. The van der Waals surface area contributed by atoms with Crippen LogP contribution in [0.1, 0.15) is 23.2 Å². The molecule has 104 valence electrons. The number of aryl methyl sites for hydroxylation is 1. The van der Waals surface area contributed by atoms with Crippen molar-refractivity contribution < 1.29 is 4.74 Å². The van der Waals surface area contributed by atoms with Crippen LogP contribution in [0.5, 0.6) is 0 Å². The maximum absolute atomic E-state index is 7.77. The number of nitrogens with one attached hydrogen (secondary N) is 1. The van der Waals surface area contributed by atoms with Gasteiger partial charge in [0.2, 0.25) is 0 Å². The smallest absolute Gasteiger partial charge is 0.162 e. The van der Waals surface area contributed by atoms with Gasteiger partial charge in [0.15, 0.2) is 5.82 Å². The molecule has 1 aliphatic heterocycles. The number of ether oxygens (including phenoxy) is 1. The molecular formula is C13H21N5O. The van der Waals surface area contributed by atoms with Gasteiger partial charge in [0.25, 0.3) is 0 Å². The van der Waals surface area contributed by atoms with Gasteiger partial charge in [0.1, 0.15) is 5.84 Å². The molecule has 3 N–H and O–H groups in total. The maximum Gasteiger partial charge on any atom is 0.162 e. The third kappa shape index (κ3) is 2.68. The Hall–Kier alpha value is -1.69. The van der Waals surface area contributed by atoms with Crippen molar-refractivity contribution in [1.82, 2.24) is 10.2 Å². The van der Waals surface area contributed by atoms with Crippen LogP contribution in [0.15, 0.2) is 0 Å². The molecular weight excluding hydrogens is 242 g/mol. The Morgan fingerprint density at radius 2 is 2.21 bits per heavy atom. The van der Waals surface area contributed by atoms with Crippen molar-refractivity contribution >= 4 is 11.7 Å². The molecule has 1 unspecified atom stereocenters. The average molecular weight is 263 g/mol. The van der Waals surface area contributed by atoms with Crippen LogP contribution in [0.3, 0.4) is 0 Å². The quantitative estimate of drug-likeness (QED) is 0.621. The van der Waals surface area contributed by atoms with Gasteiger partial charge in [-0.1, -0.05) is 0 Å². The lowest BCUT2D eigenvalue weighted by atomic mass is 10.1. The first kappa shape index (κ1) is 13.7. The Morgan fingerprint density at radius 3 is 2.84 bits per heavy atom. The van der Waals surface area contributed by atoms with Gasteiger partial charge in [0, 0.05) is 26.1 Å². The number of rotatable bonds is 4. The third-order valence-electron chi connectivity index (χ3n) is 3.69. The second kappa shape index (κ2) is 5.52. The lowest BCUT2D eigenvalue weighted by Gasteiger charge is -2.21. The Kier molecular flexibility index (Phi) is 3.99. The summed E-state index contributed by atoms with van der Waals surface area (Å²) in [6.07, 6.45) is 1.07. The minimum absolute atomic E-state index is 0.0562. The van der Waals surface area contributed by atoms with Crippen LogP contribution in [0.25, 0.3) is 0 Å². The fourth-order valence-corrected chi connectivity index (χ4v) is 2.54. The number of hydrogen-bond acceptors (Lipinski definition) is 5. The second-order valence-corrected chi connectivity index (χ2v) is 5.08. The van der Waals surface area contributed by atoms with Gasteiger partial charge >= 0.3 is 0 Å². The molecule has 6 nitrogen and oxygen atoms in total. The van der Waals surface area contributed by atoms with E-state index in [0.717, 1.165) is 43.2 Å². The number of hydrogen-bond donors (Lipinski definition) is 2. The molecule has 1 saturated heterocycles. The highest BCUT2D eigenvalue weighted by molar-refractivity contribution is 6.01. The van der Waals surface area contributed by atoms with Gasteiger partial charge in [-0.25, -0.2) is 0 Å². The van der Waals surface area contributed by atoms with E-state index in [0.29, 0.717) is 11.5 Å². The molecule has 1 aliphatic rings. The first-order valence-electron chi connectivity index (χ1n) is 6.46. The molecule has 0 amide bonds. The molecule has 0 aromatic carbocycles. The first-order chi connectivity index (χ1) is 9.04. The summed E-state index contributed by atoms with van der Waals surface area (Å²) in [6, 6.07) is 0. The van der Waals surface area contributed by atoms with Crippen LogP contribution in [0.2, 0.25) is 0 Å². The summed E-state index contributed by atoms with van der Waals surface area (Å²) in [6.45, 7) is 6.37. The minimum atomic E-state index is 0.0562. The summed E-state index contributed by atoms with van der Waals surface area (Å²) in [7, 11) is 1.72. The standard InChI is InChI=1S/C13H21N5O/c1-8-9(2)16-17-13(11(8)12(14)15)18-5-4-10(6-18)7-19-3/h10H,4-7H2,1-3H3,(H3,14,15). The van der Waals surface area contributed by atoms with E-state index >= 15 is 0 Å². The zero-order valence-corrected chi connectivity index (χ0v) is 11.7. The van der Waals surface area contributed by atoms with Gasteiger partial charge in [-0.3, -0.25) is 5.41 Å². The molecule has 2 heterocycles. The number of nitrogen functional groups attached to an aromatic ring is 1. The largest absolute Gasteiger partial charge is 0.384 e. The van der Waals surface area contributed by atoms with E-state index in [1.165, 1.54) is 0 Å². The number of nitrogens with two attached hydrogens (primary N) is 1. The molecule has 1 aromatic rings. The molecule has 2 rings (SSSR count). The lowest BCUT2D eigenvalue weighted by molar-refractivity contribution is 0.161. The van der Waals surface area contributed by atoms with E-state index in [1.807, 2.05) is 13.8 Å². The number of anilines is 1. The summed E-state index contributed by atoms with van der Waals surface area (Å²) in [5.41, 5.74) is 8.18. The number of nitrogens with zero attached hydrogens (tertiary/aromatic N) is 3. The molecule has 0 aliphatic carbocycles. The van der Waals surface area contributed by atoms with E-state index < -0.39 is 0 Å². The Bertz CT molecular complexity index is 488. The van der Waals surface area contributed by atoms with E-state index in [1.54, 1.807) is 7.11 Å². The molecule has 0 saturated carbocycles. The van der Waals surface area contributed by atoms with Crippen LogP contribution < -0.4 is 10.6 Å². The fourth-order valence-electron chi connectivity index (χ4n) is 2.54. The zero-order valence-electron chi connectivity index (χ0n) is 11.7. The summed E-state index contributed by atoms with van der Waals surface area (Å²) >= 11 is 0. The van der Waals surface area contributed by atoms with Crippen molar-refractivity contribution in [1.29, 1.82) is 5.41 Å². The molecule has 19 heavy (non-hydrogen) atoms. The zero-order chi connectivity index (χ0) is 14.0. The number of amidine groups is 1. The van der Waals surface area contributed by atoms with Gasteiger partial charge in [-0.05, 0) is 25.8 Å². The first-order valence-corrected chi connectivity index (χ1v) is 6.46. The average Bonchev–Trinajstić information content (AvgIpc) is 2.81. The van der Waals surface area contributed by atoms with Gasteiger partial charge in [-0.2, -0.15) is 5.10 Å². The molecule has 6 heteroatoms. The molecule has 0 bridgehead atoms. The number of aromatic nitrogens is 2. The SMILES string of the molecule is COCC1CCN(c2nnc(C)c(C)c2C(=N)N)C1. The number of methoxy groups -OCH3 is 1. The van der Waals surface area contributed by atoms with Gasteiger partial charge in [0.05, 0.1) is 17.9 Å². The lowest BCUT2D eigenvalue weighted by Crippen LogP contribution is -2.27. The maximum atomic E-state index is 7.77. The van der Waals surface area contributed by atoms with Crippen molar-refractivity contribution in [2.75, 3.05) is 31.7 Å².